The molecular formula is C20H35IN4O2S. The maximum Gasteiger partial charge on any atom is 0.191 e. The molecular weight excluding hydrogens is 487 g/mol. The zero-order valence-corrected chi connectivity index (χ0v) is 19.8. The molecule has 0 aromatic rings. The van der Waals surface area contributed by atoms with Gasteiger partial charge in [0.25, 0.3) is 0 Å². The Hall–Kier alpha value is -0.0900. The van der Waals surface area contributed by atoms with E-state index in [-0.39, 0.29) is 29.9 Å². The molecule has 0 spiro atoms. The van der Waals surface area contributed by atoms with Crippen LogP contribution in [0, 0.1) is 17.8 Å². The third kappa shape index (κ3) is 4.96. The SMILES string of the molecule is I.O=S1(=O)CCC(CN=C(NC2CCN(C3CC3)C2)NC2CC3CCC2C3)C1. The van der Waals surface area contributed by atoms with E-state index in [0.717, 1.165) is 36.8 Å². The molecule has 0 radical (unpaired) electrons. The molecule has 5 aliphatic rings. The lowest BCUT2D eigenvalue weighted by Crippen LogP contribution is -2.50. The molecule has 2 saturated heterocycles. The number of nitrogens with one attached hydrogen (secondary N) is 2. The van der Waals surface area contributed by atoms with E-state index < -0.39 is 9.84 Å². The minimum atomic E-state index is -2.82. The minimum absolute atomic E-state index is 0. The second kappa shape index (κ2) is 8.57. The molecule has 0 aromatic carbocycles. The number of nitrogens with zero attached hydrogens (tertiary/aromatic N) is 2. The fraction of sp³-hybridized carbons (Fsp3) is 0.950. The molecule has 28 heavy (non-hydrogen) atoms. The highest BCUT2D eigenvalue weighted by molar-refractivity contribution is 14.0. The van der Waals surface area contributed by atoms with Crippen molar-refractivity contribution in [2.24, 2.45) is 22.7 Å². The van der Waals surface area contributed by atoms with Gasteiger partial charge in [0.15, 0.2) is 15.8 Å². The summed E-state index contributed by atoms with van der Waals surface area (Å²) in [7, 11) is -2.82. The van der Waals surface area contributed by atoms with Crippen LogP contribution in [0.1, 0.15) is 51.4 Å². The van der Waals surface area contributed by atoms with Crippen LogP contribution < -0.4 is 10.6 Å². The lowest BCUT2D eigenvalue weighted by molar-refractivity contribution is 0.321. The van der Waals surface area contributed by atoms with Crippen molar-refractivity contribution in [1.29, 1.82) is 0 Å². The van der Waals surface area contributed by atoms with Crippen molar-refractivity contribution in [3.63, 3.8) is 0 Å². The Labute approximate surface area is 186 Å². The zero-order chi connectivity index (χ0) is 18.4. The van der Waals surface area contributed by atoms with Gasteiger partial charge in [-0.25, -0.2) is 8.42 Å². The number of likely N-dealkylation sites (tertiary alicyclic amines) is 1. The summed E-state index contributed by atoms with van der Waals surface area (Å²) in [4.78, 5) is 7.50. The molecule has 0 amide bonds. The molecule has 2 bridgehead atoms. The molecule has 2 aliphatic heterocycles. The Morgan fingerprint density at radius 3 is 2.54 bits per heavy atom. The van der Waals surface area contributed by atoms with E-state index in [1.54, 1.807) is 0 Å². The number of hydrogen-bond acceptors (Lipinski definition) is 4. The first-order chi connectivity index (χ1) is 13.0. The van der Waals surface area contributed by atoms with Crippen LogP contribution in [0.5, 0.6) is 0 Å². The van der Waals surface area contributed by atoms with Crippen molar-refractivity contribution in [2.75, 3.05) is 31.1 Å². The monoisotopic (exact) mass is 522 g/mol. The molecule has 5 rings (SSSR count). The Bertz CT molecular complexity index is 696. The minimum Gasteiger partial charge on any atom is -0.353 e. The van der Waals surface area contributed by atoms with Gasteiger partial charge in [0.05, 0.1) is 11.5 Å². The summed E-state index contributed by atoms with van der Waals surface area (Å²) in [6.45, 7) is 2.96. The molecule has 160 valence electrons. The standard InChI is InChI=1S/C20H34N4O2S.HI/c25-27(26)8-6-15(13-27)11-21-20(23-19-10-14-1-2-16(19)9-14)22-17-5-7-24(12-17)18-3-4-18;/h14-19H,1-13H2,(H2,21,22,23);1H. The van der Waals surface area contributed by atoms with E-state index in [0.29, 0.717) is 30.1 Å². The normalized spacial score (nSPS) is 39.9. The van der Waals surface area contributed by atoms with Gasteiger partial charge in [0.1, 0.15) is 0 Å². The van der Waals surface area contributed by atoms with E-state index in [1.807, 2.05) is 0 Å². The van der Waals surface area contributed by atoms with Crippen molar-refractivity contribution < 1.29 is 8.42 Å². The van der Waals surface area contributed by atoms with Crippen LogP contribution in [0.3, 0.4) is 0 Å². The summed E-state index contributed by atoms with van der Waals surface area (Å²) < 4.78 is 23.5. The highest BCUT2D eigenvalue weighted by Crippen LogP contribution is 2.44. The summed E-state index contributed by atoms with van der Waals surface area (Å²) in [6.07, 6.45) is 10.1. The maximum absolute atomic E-state index is 11.8. The van der Waals surface area contributed by atoms with Gasteiger partial charge in [-0.3, -0.25) is 9.89 Å². The molecule has 5 unspecified atom stereocenters. The van der Waals surface area contributed by atoms with Crippen molar-refractivity contribution in [3.05, 3.63) is 0 Å². The highest BCUT2D eigenvalue weighted by Gasteiger charge is 2.40. The molecule has 5 atom stereocenters. The first-order valence-electron chi connectivity index (χ1n) is 11.1. The number of guanidine groups is 1. The lowest BCUT2D eigenvalue weighted by atomic mass is 9.95. The van der Waals surface area contributed by atoms with Crippen LogP contribution in [0.15, 0.2) is 4.99 Å². The van der Waals surface area contributed by atoms with Crippen molar-refractivity contribution in [2.45, 2.75) is 69.5 Å². The van der Waals surface area contributed by atoms with Crippen molar-refractivity contribution in [1.82, 2.24) is 15.5 Å². The van der Waals surface area contributed by atoms with Crippen LogP contribution in [-0.2, 0) is 9.84 Å². The average molecular weight is 522 g/mol. The topological polar surface area (TPSA) is 73.8 Å². The zero-order valence-electron chi connectivity index (χ0n) is 16.7. The fourth-order valence-corrected chi connectivity index (χ4v) is 7.69. The van der Waals surface area contributed by atoms with Gasteiger partial charge in [0.2, 0.25) is 0 Å². The summed E-state index contributed by atoms with van der Waals surface area (Å²) >= 11 is 0. The Kier molecular flexibility index (Phi) is 6.48. The number of rotatable bonds is 5. The molecule has 8 heteroatoms. The molecule has 6 nitrogen and oxygen atoms in total. The van der Waals surface area contributed by atoms with E-state index in [4.69, 9.17) is 4.99 Å². The van der Waals surface area contributed by atoms with Crippen LogP contribution in [0.2, 0.25) is 0 Å². The molecule has 0 aromatic heterocycles. The molecule has 3 saturated carbocycles. The summed E-state index contributed by atoms with van der Waals surface area (Å²) in [5.41, 5.74) is 0. The van der Waals surface area contributed by atoms with Gasteiger partial charge in [-0.05, 0) is 62.7 Å². The average Bonchev–Trinajstić information content (AvgIpc) is 3.00. The first-order valence-corrected chi connectivity index (χ1v) is 12.9. The quantitative estimate of drug-likeness (QED) is 0.329. The predicted molar refractivity (Wildman–Crippen MR) is 123 cm³/mol. The largest absolute Gasteiger partial charge is 0.353 e. The summed E-state index contributed by atoms with van der Waals surface area (Å²) in [6, 6.07) is 1.87. The first kappa shape index (κ1) is 21.2. The molecule has 2 heterocycles. The molecule has 5 fully saturated rings. The van der Waals surface area contributed by atoms with Gasteiger partial charge in [-0.15, -0.1) is 24.0 Å². The Morgan fingerprint density at radius 1 is 1.04 bits per heavy atom. The van der Waals surface area contributed by atoms with Crippen molar-refractivity contribution >= 4 is 39.8 Å². The number of hydrogen-bond donors (Lipinski definition) is 2. The number of halogens is 1. The second-order valence-corrected chi connectivity index (χ2v) is 12.0. The van der Waals surface area contributed by atoms with Gasteiger partial charge in [-0.1, -0.05) is 6.42 Å². The van der Waals surface area contributed by atoms with Crippen LogP contribution in [-0.4, -0.2) is 68.5 Å². The Balaban J connectivity index is 0.00000192. The summed E-state index contributed by atoms with van der Waals surface area (Å²) in [5, 5.41) is 7.46. The van der Waals surface area contributed by atoms with Crippen molar-refractivity contribution in [3.8, 4) is 0 Å². The third-order valence-corrected chi connectivity index (χ3v) is 9.36. The highest BCUT2D eigenvalue weighted by atomic mass is 127. The number of fused-ring (bicyclic) bond motifs is 2. The maximum atomic E-state index is 11.8. The van der Waals surface area contributed by atoms with E-state index in [9.17, 15) is 8.42 Å². The van der Waals surface area contributed by atoms with Crippen LogP contribution in [0.4, 0.5) is 0 Å². The second-order valence-electron chi connectivity index (χ2n) is 9.74. The third-order valence-electron chi connectivity index (χ3n) is 7.52. The van der Waals surface area contributed by atoms with E-state index in [1.165, 1.54) is 51.5 Å². The molecule has 2 N–H and O–H groups in total. The van der Waals surface area contributed by atoms with Gasteiger partial charge in [0, 0.05) is 37.8 Å². The van der Waals surface area contributed by atoms with Crippen LogP contribution in [0.25, 0.3) is 0 Å². The molecule has 3 aliphatic carbocycles. The van der Waals surface area contributed by atoms with E-state index in [2.05, 4.69) is 15.5 Å². The fourth-order valence-electron chi connectivity index (χ4n) is 5.84. The number of sulfone groups is 1. The Morgan fingerprint density at radius 2 is 1.89 bits per heavy atom. The van der Waals surface area contributed by atoms with Gasteiger partial charge < -0.3 is 10.6 Å². The van der Waals surface area contributed by atoms with Crippen LogP contribution >= 0.6 is 24.0 Å². The smallest absolute Gasteiger partial charge is 0.191 e. The van der Waals surface area contributed by atoms with Gasteiger partial charge >= 0.3 is 0 Å². The van der Waals surface area contributed by atoms with E-state index >= 15 is 0 Å². The van der Waals surface area contributed by atoms with Gasteiger partial charge in [-0.2, -0.15) is 0 Å². The predicted octanol–water partition coefficient (Wildman–Crippen LogP) is 2.00. The lowest BCUT2D eigenvalue weighted by Gasteiger charge is -2.27. The number of aliphatic imine (C=N–C) groups is 1. The summed E-state index contributed by atoms with van der Waals surface area (Å²) in [5.74, 6) is 3.51.